The topological polar surface area (TPSA) is 84.3 Å². The molecule has 1 aliphatic heterocycles. The van der Waals surface area contributed by atoms with E-state index >= 15 is 0 Å². The van der Waals surface area contributed by atoms with Gasteiger partial charge in [-0.05, 0) is 32.4 Å². The van der Waals surface area contributed by atoms with Crippen molar-refractivity contribution in [3.05, 3.63) is 27.7 Å². The first kappa shape index (κ1) is 17.1. The van der Waals surface area contributed by atoms with E-state index in [2.05, 4.69) is 14.7 Å². The number of nitrogens with one attached hydrogen (secondary N) is 1. The number of aromatic nitrogens is 2. The van der Waals surface area contributed by atoms with Gasteiger partial charge < -0.3 is 0 Å². The zero-order chi connectivity index (χ0) is 16.3. The van der Waals surface area contributed by atoms with Gasteiger partial charge in [0.15, 0.2) is 0 Å². The molecule has 2 rings (SSSR count). The molecule has 0 atom stereocenters. The Morgan fingerprint density at radius 2 is 2.14 bits per heavy atom. The van der Waals surface area contributed by atoms with Crippen molar-refractivity contribution >= 4 is 10.0 Å². The van der Waals surface area contributed by atoms with Crippen LogP contribution in [0.15, 0.2) is 10.9 Å². The molecular formula is C14H24N4O3S. The molecule has 0 saturated carbocycles. The van der Waals surface area contributed by atoms with E-state index in [4.69, 9.17) is 0 Å². The van der Waals surface area contributed by atoms with E-state index in [-0.39, 0.29) is 11.6 Å². The van der Waals surface area contributed by atoms with E-state index in [1.165, 1.54) is 4.68 Å². The largest absolute Gasteiger partial charge is 0.299 e. The third-order valence-corrected chi connectivity index (χ3v) is 4.41. The van der Waals surface area contributed by atoms with E-state index in [0.29, 0.717) is 13.1 Å². The molecule has 1 aromatic heterocycles. The molecule has 0 saturated heterocycles. The molecule has 0 bridgehead atoms. The van der Waals surface area contributed by atoms with Gasteiger partial charge in [0.25, 0.3) is 5.56 Å². The highest BCUT2D eigenvalue weighted by molar-refractivity contribution is 7.88. The van der Waals surface area contributed by atoms with Crippen LogP contribution in [0, 0.1) is 0 Å². The first-order valence-electron chi connectivity index (χ1n) is 7.55. The van der Waals surface area contributed by atoms with Gasteiger partial charge in [-0.2, -0.15) is 5.10 Å². The molecule has 22 heavy (non-hydrogen) atoms. The molecule has 0 radical (unpaired) electrons. The maximum absolute atomic E-state index is 12.0. The van der Waals surface area contributed by atoms with Crippen molar-refractivity contribution in [2.45, 2.75) is 39.3 Å². The molecule has 8 heteroatoms. The summed E-state index contributed by atoms with van der Waals surface area (Å²) in [5.74, 6) is 0. The highest BCUT2D eigenvalue weighted by atomic mass is 32.2. The minimum absolute atomic E-state index is 0.0608. The van der Waals surface area contributed by atoms with Gasteiger partial charge in [-0.3, -0.25) is 9.69 Å². The third-order valence-electron chi connectivity index (χ3n) is 3.69. The SMILES string of the molecule is CC(C)n1nc2c(cc1=O)CN(CCCNS(C)(=O)=O)CC2. The van der Waals surface area contributed by atoms with Gasteiger partial charge in [0.2, 0.25) is 10.0 Å². The number of rotatable bonds is 6. The molecule has 0 amide bonds. The fourth-order valence-corrected chi connectivity index (χ4v) is 3.11. The maximum atomic E-state index is 12.0. The number of sulfonamides is 1. The van der Waals surface area contributed by atoms with Crippen LogP contribution >= 0.6 is 0 Å². The zero-order valence-electron chi connectivity index (χ0n) is 13.4. The van der Waals surface area contributed by atoms with Crippen molar-refractivity contribution < 1.29 is 8.42 Å². The lowest BCUT2D eigenvalue weighted by atomic mass is 10.1. The number of hydrogen-bond acceptors (Lipinski definition) is 5. The Hall–Kier alpha value is -1.25. The van der Waals surface area contributed by atoms with Crippen molar-refractivity contribution in [2.24, 2.45) is 0 Å². The summed E-state index contributed by atoms with van der Waals surface area (Å²) in [4.78, 5) is 14.2. The van der Waals surface area contributed by atoms with Crippen molar-refractivity contribution in [1.82, 2.24) is 19.4 Å². The predicted molar refractivity (Wildman–Crippen MR) is 85.3 cm³/mol. The molecule has 1 aliphatic rings. The van der Waals surface area contributed by atoms with Crippen molar-refractivity contribution in [1.29, 1.82) is 0 Å². The highest BCUT2D eigenvalue weighted by Crippen LogP contribution is 2.16. The summed E-state index contributed by atoms with van der Waals surface area (Å²) >= 11 is 0. The Morgan fingerprint density at radius 3 is 2.77 bits per heavy atom. The summed E-state index contributed by atoms with van der Waals surface area (Å²) in [6.07, 6.45) is 2.73. The Morgan fingerprint density at radius 1 is 1.41 bits per heavy atom. The van der Waals surface area contributed by atoms with Gasteiger partial charge in [-0.1, -0.05) is 0 Å². The lowest BCUT2D eigenvalue weighted by Gasteiger charge is -2.28. The minimum Gasteiger partial charge on any atom is -0.299 e. The number of fused-ring (bicyclic) bond motifs is 1. The van der Waals surface area contributed by atoms with Crippen molar-refractivity contribution in [2.75, 3.05) is 25.9 Å². The second-order valence-electron chi connectivity index (χ2n) is 6.04. The first-order valence-corrected chi connectivity index (χ1v) is 9.44. The molecule has 0 aliphatic carbocycles. The van der Waals surface area contributed by atoms with Crippen LogP contribution in [0.5, 0.6) is 0 Å². The Balaban J connectivity index is 1.94. The lowest BCUT2D eigenvalue weighted by molar-refractivity contribution is 0.246. The monoisotopic (exact) mass is 328 g/mol. The van der Waals surface area contributed by atoms with Gasteiger partial charge in [0.05, 0.1) is 18.0 Å². The summed E-state index contributed by atoms with van der Waals surface area (Å²) in [5.41, 5.74) is 1.93. The molecule has 7 nitrogen and oxygen atoms in total. The molecule has 0 spiro atoms. The van der Waals surface area contributed by atoms with Crippen LogP contribution in [0.4, 0.5) is 0 Å². The molecule has 124 valence electrons. The summed E-state index contributed by atoms with van der Waals surface area (Å²) < 4.78 is 26.0. The highest BCUT2D eigenvalue weighted by Gasteiger charge is 2.19. The van der Waals surface area contributed by atoms with Crippen LogP contribution < -0.4 is 10.3 Å². The van der Waals surface area contributed by atoms with Crippen LogP contribution in [-0.4, -0.2) is 49.0 Å². The summed E-state index contributed by atoms with van der Waals surface area (Å²) in [6, 6.07) is 1.75. The molecule has 0 unspecified atom stereocenters. The minimum atomic E-state index is -3.12. The molecule has 2 heterocycles. The third kappa shape index (κ3) is 4.62. The average Bonchev–Trinajstić information content (AvgIpc) is 2.41. The van der Waals surface area contributed by atoms with E-state index in [1.54, 1.807) is 6.07 Å². The van der Waals surface area contributed by atoms with Gasteiger partial charge in [-0.15, -0.1) is 0 Å². The summed E-state index contributed by atoms with van der Waals surface area (Å²) in [7, 11) is -3.12. The van der Waals surface area contributed by atoms with Crippen molar-refractivity contribution in [3.63, 3.8) is 0 Å². The van der Waals surface area contributed by atoms with Crippen LogP contribution in [0.3, 0.4) is 0 Å². The molecule has 0 fully saturated rings. The first-order chi connectivity index (χ1) is 10.3. The fraction of sp³-hybridized carbons (Fsp3) is 0.714. The van der Waals surface area contributed by atoms with Crippen LogP contribution in [-0.2, 0) is 23.0 Å². The Bertz CT molecular complexity index is 682. The molecule has 0 aromatic carbocycles. The van der Waals surface area contributed by atoms with E-state index in [1.807, 2.05) is 13.8 Å². The maximum Gasteiger partial charge on any atom is 0.267 e. The van der Waals surface area contributed by atoms with E-state index in [0.717, 1.165) is 43.4 Å². The molecular weight excluding hydrogens is 304 g/mol. The molecule has 1 N–H and O–H groups in total. The Kier molecular flexibility index (Phi) is 5.36. The quantitative estimate of drug-likeness (QED) is 0.750. The zero-order valence-corrected chi connectivity index (χ0v) is 14.2. The van der Waals surface area contributed by atoms with Gasteiger partial charge >= 0.3 is 0 Å². The fourth-order valence-electron chi connectivity index (χ4n) is 2.59. The van der Waals surface area contributed by atoms with Crippen LogP contribution in [0.25, 0.3) is 0 Å². The summed E-state index contributed by atoms with van der Waals surface area (Å²) in [6.45, 7) is 6.73. The molecule has 1 aromatic rings. The predicted octanol–water partition coefficient (Wildman–Crippen LogP) is 0.122. The lowest BCUT2D eigenvalue weighted by Crippen LogP contribution is -2.36. The normalized spacial score (nSPS) is 16.0. The average molecular weight is 328 g/mol. The van der Waals surface area contributed by atoms with Gasteiger partial charge in [-0.25, -0.2) is 17.8 Å². The van der Waals surface area contributed by atoms with Gasteiger partial charge in [0.1, 0.15) is 0 Å². The second kappa shape index (κ2) is 6.89. The number of nitrogens with zero attached hydrogens (tertiary/aromatic N) is 3. The standard InChI is InChI=1S/C14H24N4O3S/c1-11(2)18-14(19)9-12-10-17(8-5-13(12)16-18)7-4-6-15-22(3,20)21/h9,11,15H,4-8,10H2,1-3H3. The smallest absolute Gasteiger partial charge is 0.267 e. The van der Waals surface area contributed by atoms with Crippen LogP contribution in [0.1, 0.15) is 37.6 Å². The van der Waals surface area contributed by atoms with Gasteiger partial charge in [0, 0.05) is 32.1 Å². The van der Waals surface area contributed by atoms with E-state index < -0.39 is 10.0 Å². The van der Waals surface area contributed by atoms with E-state index in [9.17, 15) is 13.2 Å². The van der Waals surface area contributed by atoms with Crippen LogP contribution in [0.2, 0.25) is 0 Å². The number of hydrogen-bond donors (Lipinski definition) is 1. The summed E-state index contributed by atoms with van der Waals surface area (Å²) in [5, 5.41) is 4.46. The van der Waals surface area contributed by atoms with Crippen molar-refractivity contribution in [3.8, 4) is 0 Å². The Labute approximate surface area is 131 Å². The second-order valence-corrected chi connectivity index (χ2v) is 7.87.